The lowest BCUT2D eigenvalue weighted by Gasteiger charge is -2.35. The molecule has 3 aromatic carbocycles. The molecule has 0 radical (unpaired) electrons. The average molecular weight is 570 g/mol. The molecule has 0 saturated heterocycles. The van der Waals surface area contributed by atoms with Gasteiger partial charge in [0.1, 0.15) is 12.6 Å². The SMILES string of the molecule is CCC(C(=O)NC(C)(C)C)N(Cc1ccccc1Cl)C(=O)CN(c1ccccc1)S(=O)(=O)c1ccc(C)cc1. The number of para-hydroxylation sites is 1. The summed E-state index contributed by atoms with van der Waals surface area (Å²) < 4.78 is 28.8. The van der Waals surface area contributed by atoms with Crippen molar-refractivity contribution in [3.63, 3.8) is 0 Å². The number of hydrogen-bond acceptors (Lipinski definition) is 4. The van der Waals surface area contributed by atoms with Gasteiger partial charge in [-0.15, -0.1) is 0 Å². The maximum absolute atomic E-state index is 14.0. The zero-order valence-electron chi connectivity index (χ0n) is 23.0. The lowest BCUT2D eigenvalue weighted by Crippen LogP contribution is -2.55. The number of benzene rings is 3. The van der Waals surface area contributed by atoms with E-state index < -0.39 is 34.1 Å². The number of rotatable bonds is 10. The summed E-state index contributed by atoms with van der Waals surface area (Å²) in [7, 11) is -4.10. The molecule has 0 bridgehead atoms. The Hall–Kier alpha value is -3.36. The Morgan fingerprint density at radius 1 is 0.923 bits per heavy atom. The van der Waals surface area contributed by atoms with Crippen LogP contribution in [0.1, 0.15) is 45.2 Å². The molecule has 1 N–H and O–H groups in total. The van der Waals surface area contributed by atoms with Crippen LogP contribution in [-0.4, -0.2) is 43.3 Å². The molecule has 7 nitrogen and oxygen atoms in total. The number of aryl methyl sites for hydroxylation is 1. The molecule has 208 valence electrons. The van der Waals surface area contributed by atoms with Gasteiger partial charge in [0.15, 0.2) is 0 Å². The monoisotopic (exact) mass is 569 g/mol. The van der Waals surface area contributed by atoms with Gasteiger partial charge in [-0.25, -0.2) is 8.42 Å². The summed E-state index contributed by atoms with van der Waals surface area (Å²) in [6.07, 6.45) is 0.328. The number of nitrogens with zero attached hydrogens (tertiary/aromatic N) is 2. The summed E-state index contributed by atoms with van der Waals surface area (Å²) >= 11 is 6.43. The van der Waals surface area contributed by atoms with Gasteiger partial charge in [0.25, 0.3) is 10.0 Å². The molecule has 2 amide bonds. The Labute approximate surface area is 236 Å². The van der Waals surface area contributed by atoms with Crippen LogP contribution in [0, 0.1) is 6.92 Å². The quantitative estimate of drug-likeness (QED) is 0.346. The smallest absolute Gasteiger partial charge is 0.264 e. The van der Waals surface area contributed by atoms with E-state index >= 15 is 0 Å². The van der Waals surface area contributed by atoms with Crippen LogP contribution in [0.4, 0.5) is 5.69 Å². The Morgan fingerprint density at radius 2 is 1.51 bits per heavy atom. The van der Waals surface area contributed by atoms with E-state index in [4.69, 9.17) is 11.6 Å². The van der Waals surface area contributed by atoms with Gasteiger partial charge >= 0.3 is 0 Å². The molecule has 3 aromatic rings. The van der Waals surface area contributed by atoms with Gasteiger partial charge in [0.05, 0.1) is 10.6 Å². The second kappa shape index (κ2) is 12.7. The number of halogens is 1. The van der Waals surface area contributed by atoms with E-state index in [-0.39, 0.29) is 17.3 Å². The van der Waals surface area contributed by atoms with Crippen LogP contribution in [0.5, 0.6) is 0 Å². The third-order valence-corrected chi connectivity index (χ3v) is 8.27. The molecule has 3 rings (SSSR count). The summed E-state index contributed by atoms with van der Waals surface area (Å²) in [4.78, 5) is 28.9. The molecule has 1 atom stereocenters. The molecule has 0 spiro atoms. The van der Waals surface area contributed by atoms with E-state index in [2.05, 4.69) is 5.32 Å². The predicted molar refractivity (Wildman–Crippen MR) is 156 cm³/mol. The molecule has 1 unspecified atom stereocenters. The van der Waals surface area contributed by atoms with Crippen LogP contribution in [0.15, 0.2) is 83.8 Å². The fourth-order valence-corrected chi connectivity index (χ4v) is 5.75. The minimum absolute atomic E-state index is 0.0434. The van der Waals surface area contributed by atoms with Gasteiger partial charge in [-0.2, -0.15) is 0 Å². The van der Waals surface area contributed by atoms with E-state index in [0.29, 0.717) is 22.7 Å². The molecule has 0 heterocycles. The molecule has 0 aliphatic rings. The maximum Gasteiger partial charge on any atom is 0.264 e. The molecule has 0 aliphatic heterocycles. The summed E-state index contributed by atoms with van der Waals surface area (Å²) in [6, 6.07) is 21.2. The first-order valence-corrected chi connectivity index (χ1v) is 14.6. The number of anilines is 1. The van der Waals surface area contributed by atoms with Crippen LogP contribution in [-0.2, 0) is 26.2 Å². The Balaban J connectivity index is 2.06. The molecule has 0 aromatic heterocycles. The van der Waals surface area contributed by atoms with E-state index in [0.717, 1.165) is 9.87 Å². The maximum atomic E-state index is 14.0. The van der Waals surface area contributed by atoms with E-state index in [1.807, 2.05) is 34.6 Å². The topological polar surface area (TPSA) is 86.8 Å². The highest BCUT2D eigenvalue weighted by molar-refractivity contribution is 7.92. The normalized spacial score (nSPS) is 12.5. The van der Waals surface area contributed by atoms with Crippen molar-refractivity contribution < 1.29 is 18.0 Å². The van der Waals surface area contributed by atoms with E-state index in [1.165, 1.54) is 17.0 Å². The second-order valence-corrected chi connectivity index (χ2v) is 12.7. The van der Waals surface area contributed by atoms with Crippen LogP contribution in [0.25, 0.3) is 0 Å². The fourth-order valence-electron chi connectivity index (χ4n) is 4.14. The Kier molecular flexibility index (Phi) is 9.80. The largest absolute Gasteiger partial charge is 0.350 e. The molecular formula is C30H36ClN3O4S. The number of hydrogen-bond donors (Lipinski definition) is 1. The number of nitrogens with one attached hydrogen (secondary N) is 1. The van der Waals surface area contributed by atoms with Crippen LogP contribution in [0.3, 0.4) is 0 Å². The number of sulfonamides is 1. The van der Waals surface area contributed by atoms with Crippen LogP contribution >= 0.6 is 11.6 Å². The minimum Gasteiger partial charge on any atom is -0.350 e. The number of amides is 2. The van der Waals surface area contributed by atoms with Crippen molar-refractivity contribution in [3.05, 3.63) is 95.0 Å². The molecule has 9 heteroatoms. The average Bonchev–Trinajstić information content (AvgIpc) is 2.87. The molecular weight excluding hydrogens is 534 g/mol. The number of carbonyl (C=O) groups excluding carboxylic acids is 2. The van der Waals surface area contributed by atoms with Crippen molar-refractivity contribution in [2.75, 3.05) is 10.8 Å². The van der Waals surface area contributed by atoms with Gasteiger partial charge in [-0.1, -0.05) is 72.6 Å². The third-order valence-electron chi connectivity index (χ3n) is 6.11. The van der Waals surface area contributed by atoms with Crippen molar-refractivity contribution >= 4 is 39.1 Å². The van der Waals surface area contributed by atoms with E-state index in [9.17, 15) is 18.0 Å². The summed E-state index contributed by atoms with van der Waals surface area (Å²) in [5.74, 6) is -0.844. The molecule has 0 fully saturated rings. The summed E-state index contributed by atoms with van der Waals surface area (Å²) in [6.45, 7) is 8.83. The van der Waals surface area contributed by atoms with Gasteiger partial charge in [0.2, 0.25) is 11.8 Å². The zero-order chi connectivity index (χ0) is 28.8. The highest BCUT2D eigenvalue weighted by Crippen LogP contribution is 2.26. The Morgan fingerprint density at radius 3 is 2.08 bits per heavy atom. The van der Waals surface area contributed by atoms with Crippen molar-refractivity contribution in [1.29, 1.82) is 0 Å². The van der Waals surface area contributed by atoms with Gasteiger partial charge in [0, 0.05) is 17.1 Å². The lowest BCUT2D eigenvalue weighted by atomic mass is 10.1. The second-order valence-electron chi connectivity index (χ2n) is 10.4. The predicted octanol–water partition coefficient (Wildman–Crippen LogP) is 5.57. The van der Waals surface area contributed by atoms with Crippen LogP contribution < -0.4 is 9.62 Å². The Bertz CT molecular complexity index is 1390. The molecule has 0 saturated carbocycles. The van der Waals surface area contributed by atoms with Crippen LogP contribution in [0.2, 0.25) is 5.02 Å². The van der Waals surface area contributed by atoms with Crippen molar-refractivity contribution in [2.45, 2.75) is 64.1 Å². The highest BCUT2D eigenvalue weighted by Gasteiger charge is 2.34. The first-order valence-electron chi connectivity index (χ1n) is 12.8. The lowest BCUT2D eigenvalue weighted by molar-refractivity contribution is -0.141. The standard InChI is InChI=1S/C30H36ClN3O4S/c1-6-27(29(36)32-30(3,4)5)33(20-23-12-10-11-15-26(23)31)28(35)21-34(24-13-8-7-9-14-24)39(37,38)25-18-16-22(2)17-19-25/h7-19,27H,6,20-21H2,1-5H3,(H,32,36). The number of carbonyl (C=O) groups is 2. The first-order chi connectivity index (χ1) is 18.3. The van der Waals surface area contributed by atoms with Gasteiger partial charge in [-0.05, 0) is 70.0 Å². The van der Waals surface area contributed by atoms with Gasteiger partial charge in [-0.3, -0.25) is 13.9 Å². The van der Waals surface area contributed by atoms with Gasteiger partial charge < -0.3 is 10.2 Å². The zero-order valence-corrected chi connectivity index (χ0v) is 24.6. The summed E-state index contributed by atoms with van der Waals surface area (Å²) in [5, 5.41) is 3.41. The summed E-state index contributed by atoms with van der Waals surface area (Å²) in [5.41, 5.74) is 1.39. The molecule has 0 aliphatic carbocycles. The van der Waals surface area contributed by atoms with Crippen molar-refractivity contribution in [3.8, 4) is 0 Å². The van der Waals surface area contributed by atoms with Crippen molar-refractivity contribution in [1.82, 2.24) is 10.2 Å². The minimum atomic E-state index is -4.10. The third kappa shape index (κ3) is 7.83. The van der Waals surface area contributed by atoms with E-state index in [1.54, 1.807) is 66.7 Å². The fraction of sp³-hybridized carbons (Fsp3) is 0.333. The molecule has 39 heavy (non-hydrogen) atoms. The van der Waals surface area contributed by atoms with Crippen molar-refractivity contribution in [2.24, 2.45) is 0 Å². The highest BCUT2D eigenvalue weighted by atomic mass is 35.5. The first kappa shape index (κ1) is 30.2.